The van der Waals surface area contributed by atoms with Crippen LogP contribution in [0.3, 0.4) is 0 Å². The lowest BCUT2D eigenvalue weighted by atomic mass is 10.1. The Morgan fingerprint density at radius 3 is 2.19 bits per heavy atom. The molecule has 37 heavy (non-hydrogen) atoms. The van der Waals surface area contributed by atoms with Crippen LogP contribution in [0.15, 0.2) is 57.6 Å². The van der Waals surface area contributed by atoms with Crippen LogP contribution in [0.1, 0.15) is 18.1 Å². The van der Waals surface area contributed by atoms with E-state index in [0.717, 1.165) is 0 Å². The number of halogens is 6. The monoisotopic (exact) mass is 581 g/mol. The maximum absolute atomic E-state index is 14.3. The number of carbonyl (C=O) groups excluding carboxylic acids is 1. The average Bonchev–Trinajstić information content (AvgIpc) is 3.14. The molecule has 1 heterocycles. The van der Waals surface area contributed by atoms with Gasteiger partial charge in [0.25, 0.3) is 11.6 Å². The van der Waals surface area contributed by atoms with Crippen molar-refractivity contribution in [2.45, 2.75) is 13.5 Å². The van der Waals surface area contributed by atoms with Crippen LogP contribution in [0.25, 0.3) is 6.08 Å². The molecule has 3 aromatic carbocycles. The van der Waals surface area contributed by atoms with Gasteiger partial charge in [0.1, 0.15) is 18.0 Å². The van der Waals surface area contributed by atoms with E-state index >= 15 is 0 Å². The van der Waals surface area contributed by atoms with E-state index in [1.165, 1.54) is 37.3 Å². The number of benzene rings is 3. The van der Waals surface area contributed by atoms with E-state index in [1.807, 2.05) is 0 Å². The first kappa shape index (κ1) is 25.9. The molecule has 0 aromatic heterocycles. The molecule has 190 valence electrons. The summed E-state index contributed by atoms with van der Waals surface area (Å²) in [6, 6.07) is 10.4. The largest absolute Gasteiger partial charge is 0.488 e. The maximum Gasteiger partial charge on any atom is 0.280 e. The van der Waals surface area contributed by atoms with Gasteiger partial charge in [0.2, 0.25) is 5.82 Å². The third-order valence-corrected chi connectivity index (χ3v) is 5.77. The highest BCUT2D eigenvalue weighted by Crippen LogP contribution is 2.35. The molecule has 0 radical (unpaired) electrons. The van der Waals surface area contributed by atoms with Crippen molar-refractivity contribution in [2.24, 2.45) is 5.10 Å². The van der Waals surface area contributed by atoms with Gasteiger partial charge in [0, 0.05) is 22.2 Å². The predicted molar refractivity (Wildman–Crippen MR) is 126 cm³/mol. The lowest BCUT2D eigenvalue weighted by Crippen LogP contribution is -2.25. The van der Waals surface area contributed by atoms with Gasteiger partial charge in [-0.2, -0.15) is 10.1 Å². The summed E-state index contributed by atoms with van der Waals surface area (Å²) in [4.78, 5) is 23.2. The van der Waals surface area contributed by atoms with Crippen LogP contribution in [0.2, 0.25) is 0 Å². The molecule has 0 atom stereocenters. The molecule has 3 aromatic rings. The van der Waals surface area contributed by atoms with E-state index in [0.29, 0.717) is 15.6 Å². The van der Waals surface area contributed by atoms with Gasteiger partial charge in [0.05, 0.1) is 16.2 Å². The molecule has 0 saturated carbocycles. The molecule has 0 aliphatic carbocycles. The van der Waals surface area contributed by atoms with Crippen LogP contribution in [0.4, 0.5) is 33.3 Å². The summed E-state index contributed by atoms with van der Waals surface area (Å²) < 4.78 is 75.8. The minimum Gasteiger partial charge on any atom is -0.488 e. The Balaban J connectivity index is 1.66. The topological polar surface area (TPSA) is 85.0 Å². The number of anilines is 1. The van der Waals surface area contributed by atoms with Crippen LogP contribution < -0.4 is 9.75 Å². The summed E-state index contributed by atoms with van der Waals surface area (Å²) in [6.07, 6.45) is 1.29. The minimum atomic E-state index is -2.36. The van der Waals surface area contributed by atoms with Crippen LogP contribution in [-0.2, 0) is 11.4 Å². The number of nitrogens with zero attached hydrogens (tertiary/aromatic N) is 3. The summed E-state index contributed by atoms with van der Waals surface area (Å²) in [6.45, 7) is 1.33. The van der Waals surface area contributed by atoms with Crippen molar-refractivity contribution < 1.29 is 36.4 Å². The van der Waals surface area contributed by atoms with Crippen molar-refractivity contribution in [2.75, 3.05) is 5.01 Å². The highest BCUT2D eigenvalue weighted by atomic mass is 79.9. The molecule has 1 aliphatic rings. The fraction of sp³-hybridized carbons (Fsp3) is 0.0833. The Hall–Kier alpha value is -4.13. The Labute approximate surface area is 213 Å². The zero-order valence-corrected chi connectivity index (χ0v) is 20.2. The van der Waals surface area contributed by atoms with Crippen LogP contribution in [0.5, 0.6) is 5.75 Å². The second-order valence-electron chi connectivity index (χ2n) is 7.67. The first-order valence-corrected chi connectivity index (χ1v) is 11.1. The Kier molecular flexibility index (Phi) is 7.07. The van der Waals surface area contributed by atoms with Gasteiger partial charge >= 0.3 is 0 Å². The van der Waals surface area contributed by atoms with E-state index in [9.17, 15) is 36.9 Å². The Morgan fingerprint density at radius 2 is 1.59 bits per heavy atom. The Morgan fingerprint density at radius 1 is 1.00 bits per heavy atom. The highest BCUT2D eigenvalue weighted by molar-refractivity contribution is 9.10. The van der Waals surface area contributed by atoms with Crippen molar-refractivity contribution in [1.29, 1.82) is 0 Å². The number of non-ortho nitro benzene ring substituents is 1. The smallest absolute Gasteiger partial charge is 0.280 e. The summed E-state index contributed by atoms with van der Waals surface area (Å²) in [5.41, 5.74) is -0.871. The minimum absolute atomic E-state index is 0.00744. The SMILES string of the molecule is CC1=NN(c2c(F)c(F)c(F)c(F)c2F)C(=O)/C1=C/c1cc(Br)ccc1OCc1ccc([N+](=O)[O-])cc1. The van der Waals surface area contributed by atoms with E-state index < -0.39 is 45.6 Å². The van der Waals surface area contributed by atoms with Gasteiger partial charge in [-0.3, -0.25) is 14.9 Å². The summed E-state index contributed by atoms with van der Waals surface area (Å²) in [5, 5.41) is 14.6. The number of nitro benzene ring substituents is 1. The molecule has 0 spiro atoms. The number of hydrogen-bond donors (Lipinski definition) is 0. The number of rotatable bonds is 6. The second kappa shape index (κ2) is 10.1. The van der Waals surface area contributed by atoms with Crippen molar-refractivity contribution in [3.05, 3.63) is 103 Å². The molecule has 0 bridgehead atoms. The van der Waals surface area contributed by atoms with Gasteiger partial charge in [-0.05, 0) is 48.9 Å². The van der Waals surface area contributed by atoms with Gasteiger partial charge in [-0.1, -0.05) is 15.9 Å². The van der Waals surface area contributed by atoms with Crippen molar-refractivity contribution >= 4 is 45.0 Å². The van der Waals surface area contributed by atoms with Gasteiger partial charge in [-0.25, -0.2) is 22.0 Å². The third-order valence-electron chi connectivity index (χ3n) is 5.27. The molecule has 1 aliphatic heterocycles. The number of carbonyl (C=O) groups is 1. The van der Waals surface area contributed by atoms with Gasteiger partial charge in [-0.15, -0.1) is 0 Å². The number of hydrogen-bond acceptors (Lipinski definition) is 5. The molecule has 0 unspecified atom stereocenters. The van der Waals surface area contributed by atoms with Crippen LogP contribution in [0, 0.1) is 39.2 Å². The van der Waals surface area contributed by atoms with Crippen LogP contribution in [-0.4, -0.2) is 16.5 Å². The third kappa shape index (κ3) is 4.94. The van der Waals surface area contributed by atoms with E-state index in [2.05, 4.69) is 21.0 Å². The molecule has 4 rings (SSSR count). The standard InChI is InChI=1S/C24H13BrF5N3O4/c1-11-16(24(34)32(31-11)23-21(29)19(27)18(26)20(28)22(23)30)9-13-8-14(25)4-7-17(13)37-10-12-2-5-15(6-3-12)33(35)36/h2-9H,10H2,1H3/b16-9+. The predicted octanol–water partition coefficient (Wildman–Crippen LogP) is 6.44. The lowest BCUT2D eigenvalue weighted by Gasteiger charge is -2.15. The second-order valence-corrected chi connectivity index (χ2v) is 8.59. The summed E-state index contributed by atoms with van der Waals surface area (Å²) >= 11 is 3.29. The van der Waals surface area contributed by atoms with Gasteiger partial charge in [0.15, 0.2) is 23.3 Å². The first-order valence-electron chi connectivity index (χ1n) is 10.3. The first-order chi connectivity index (χ1) is 17.5. The van der Waals surface area contributed by atoms with E-state index in [4.69, 9.17) is 4.74 Å². The zero-order valence-electron chi connectivity index (χ0n) is 18.6. The molecule has 7 nitrogen and oxygen atoms in total. The van der Waals surface area contributed by atoms with Crippen molar-refractivity contribution in [3.8, 4) is 5.75 Å². The molecule has 13 heteroatoms. The summed E-state index contributed by atoms with van der Waals surface area (Å²) in [5.74, 6) is -12.0. The molecule has 0 fully saturated rings. The highest BCUT2D eigenvalue weighted by Gasteiger charge is 2.37. The zero-order chi connectivity index (χ0) is 27.0. The molecular weight excluding hydrogens is 569 g/mol. The van der Waals surface area contributed by atoms with E-state index in [1.54, 1.807) is 18.2 Å². The molecule has 0 N–H and O–H groups in total. The van der Waals surface area contributed by atoms with Crippen molar-refractivity contribution in [1.82, 2.24) is 0 Å². The van der Waals surface area contributed by atoms with Crippen LogP contribution >= 0.6 is 15.9 Å². The van der Waals surface area contributed by atoms with Crippen molar-refractivity contribution in [3.63, 3.8) is 0 Å². The fourth-order valence-corrected chi connectivity index (χ4v) is 3.79. The maximum atomic E-state index is 14.3. The lowest BCUT2D eigenvalue weighted by molar-refractivity contribution is -0.384. The Bertz CT molecular complexity index is 1480. The summed E-state index contributed by atoms with van der Waals surface area (Å²) in [7, 11) is 0. The number of ether oxygens (including phenoxy) is 1. The quantitative estimate of drug-likeness (QED) is 0.0837. The molecule has 1 amide bonds. The number of hydrazone groups is 1. The molecule has 0 saturated heterocycles. The number of amides is 1. The number of nitro groups is 1. The normalized spacial score (nSPS) is 14.4. The fourth-order valence-electron chi connectivity index (χ4n) is 3.41. The average molecular weight is 582 g/mol. The van der Waals surface area contributed by atoms with Gasteiger partial charge < -0.3 is 4.74 Å². The molecular formula is C24H13BrF5N3O4. The van der Waals surface area contributed by atoms with E-state index in [-0.39, 0.29) is 34.3 Å².